The normalized spacial score (nSPS) is 33.9. The second kappa shape index (κ2) is 5.04. The van der Waals surface area contributed by atoms with Crippen LogP contribution in [0.3, 0.4) is 0 Å². The van der Waals surface area contributed by atoms with E-state index < -0.39 is 15.6 Å². The molecule has 6 heteroatoms. The monoisotopic (exact) mass is 313 g/mol. The standard InChI is InChI=1S/C15H20FNO3S/c1-21(19,20)17-9-11-4-3-7-15(18,14(11)10-17)12-5-2-6-13(16)8-12/h2,5-6,8,11,14,18H,3-4,7,9-10H2,1H3/t11-,14+,15+/m0/s1. The van der Waals surface area contributed by atoms with Gasteiger partial charge in [-0.1, -0.05) is 12.1 Å². The molecular formula is C15H20FNO3S. The zero-order valence-corrected chi connectivity index (χ0v) is 12.8. The Morgan fingerprint density at radius 2 is 2.14 bits per heavy atom. The van der Waals surface area contributed by atoms with Crippen molar-refractivity contribution >= 4 is 10.0 Å². The molecular weight excluding hydrogens is 293 g/mol. The van der Waals surface area contributed by atoms with Gasteiger partial charge in [-0.2, -0.15) is 0 Å². The van der Waals surface area contributed by atoms with Gasteiger partial charge in [-0.05, 0) is 42.9 Å². The molecule has 21 heavy (non-hydrogen) atoms. The lowest BCUT2D eigenvalue weighted by atomic mass is 9.67. The number of nitrogens with zero attached hydrogens (tertiary/aromatic N) is 1. The zero-order chi connectivity index (χ0) is 15.3. The molecule has 2 fully saturated rings. The van der Waals surface area contributed by atoms with Crippen molar-refractivity contribution < 1.29 is 17.9 Å². The third-order valence-electron chi connectivity index (χ3n) is 4.95. The lowest BCUT2D eigenvalue weighted by Gasteiger charge is -2.41. The minimum Gasteiger partial charge on any atom is -0.385 e. The Hall–Kier alpha value is -0.980. The number of fused-ring (bicyclic) bond motifs is 1. The number of halogens is 1. The van der Waals surface area contributed by atoms with Crippen molar-refractivity contribution in [3.8, 4) is 0 Å². The molecule has 1 saturated carbocycles. The van der Waals surface area contributed by atoms with Crippen molar-refractivity contribution in [2.75, 3.05) is 19.3 Å². The van der Waals surface area contributed by atoms with Gasteiger partial charge in [0.2, 0.25) is 10.0 Å². The molecule has 0 unspecified atom stereocenters. The summed E-state index contributed by atoms with van der Waals surface area (Å²) in [6.45, 7) is 0.775. The van der Waals surface area contributed by atoms with Crippen molar-refractivity contribution in [1.29, 1.82) is 0 Å². The van der Waals surface area contributed by atoms with Crippen LogP contribution in [0.1, 0.15) is 24.8 Å². The Labute approximate surface area is 124 Å². The molecule has 0 spiro atoms. The summed E-state index contributed by atoms with van der Waals surface area (Å²) in [5.74, 6) is -0.398. The number of rotatable bonds is 2. The van der Waals surface area contributed by atoms with Crippen LogP contribution >= 0.6 is 0 Å². The summed E-state index contributed by atoms with van der Waals surface area (Å²) in [6.07, 6.45) is 3.49. The molecule has 0 bridgehead atoms. The summed E-state index contributed by atoms with van der Waals surface area (Å²) < 4.78 is 38.5. The van der Waals surface area contributed by atoms with Crippen molar-refractivity contribution in [3.63, 3.8) is 0 Å². The predicted molar refractivity (Wildman–Crippen MR) is 77.5 cm³/mol. The van der Waals surface area contributed by atoms with Gasteiger partial charge in [0.1, 0.15) is 5.82 Å². The Balaban J connectivity index is 1.96. The average Bonchev–Trinajstić information content (AvgIpc) is 2.84. The smallest absolute Gasteiger partial charge is 0.211 e. The Bertz CT molecular complexity index is 648. The van der Waals surface area contributed by atoms with E-state index in [1.807, 2.05) is 0 Å². The third-order valence-corrected chi connectivity index (χ3v) is 6.18. The van der Waals surface area contributed by atoms with Crippen LogP contribution in [-0.4, -0.2) is 37.2 Å². The van der Waals surface area contributed by atoms with Gasteiger partial charge < -0.3 is 5.11 Å². The number of aliphatic hydroxyl groups is 1. The van der Waals surface area contributed by atoms with E-state index in [-0.39, 0.29) is 17.7 Å². The first-order valence-corrected chi connectivity index (χ1v) is 9.09. The van der Waals surface area contributed by atoms with E-state index in [4.69, 9.17) is 0 Å². The van der Waals surface area contributed by atoms with Gasteiger partial charge in [0.15, 0.2) is 0 Å². The molecule has 1 N–H and O–H groups in total. The molecule has 2 aliphatic rings. The van der Waals surface area contributed by atoms with Crippen LogP contribution in [0.4, 0.5) is 4.39 Å². The molecule has 1 aliphatic heterocycles. The average molecular weight is 313 g/mol. The highest BCUT2D eigenvalue weighted by atomic mass is 32.2. The van der Waals surface area contributed by atoms with Crippen molar-refractivity contribution in [2.24, 2.45) is 11.8 Å². The minimum atomic E-state index is -3.25. The third kappa shape index (κ3) is 2.60. The zero-order valence-electron chi connectivity index (χ0n) is 12.0. The number of benzene rings is 1. The molecule has 116 valence electrons. The molecule has 1 saturated heterocycles. The van der Waals surface area contributed by atoms with Gasteiger partial charge in [-0.25, -0.2) is 17.1 Å². The molecule has 0 radical (unpaired) electrons. The maximum absolute atomic E-state index is 13.5. The van der Waals surface area contributed by atoms with Crippen LogP contribution in [0, 0.1) is 17.7 Å². The van der Waals surface area contributed by atoms with Crippen LogP contribution in [-0.2, 0) is 15.6 Å². The fraction of sp³-hybridized carbons (Fsp3) is 0.600. The van der Waals surface area contributed by atoms with Gasteiger partial charge in [-0.3, -0.25) is 0 Å². The van der Waals surface area contributed by atoms with Crippen LogP contribution < -0.4 is 0 Å². The van der Waals surface area contributed by atoms with E-state index in [2.05, 4.69) is 0 Å². The molecule has 1 aliphatic carbocycles. The molecule has 1 aromatic carbocycles. The summed E-state index contributed by atoms with van der Waals surface area (Å²) in [4.78, 5) is 0. The Morgan fingerprint density at radius 1 is 1.38 bits per heavy atom. The molecule has 0 aromatic heterocycles. The highest BCUT2D eigenvalue weighted by molar-refractivity contribution is 7.88. The van der Waals surface area contributed by atoms with E-state index in [0.29, 0.717) is 25.1 Å². The summed E-state index contributed by atoms with van der Waals surface area (Å²) in [7, 11) is -3.25. The number of hydrogen-bond acceptors (Lipinski definition) is 3. The van der Waals surface area contributed by atoms with Crippen LogP contribution in [0.2, 0.25) is 0 Å². The molecule has 3 atom stereocenters. The summed E-state index contributed by atoms with van der Waals surface area (Å²) >= 11 is 0. The number of hydrogen-bond donors (Lipinski definition) is 1. The first kappa shape index (κ1) is 14.9. The van der Waals surface area contributed by atoms with Crippen molar-refractivity contribution in [3.05, 3.63) is 35.6 Å². The lowest BCUT2D eigenvalue weighted by molar-refractivity contribution is -0.0642. The molecule has 0 amide bonds. The van der Waals surface area contributed by atoms with Gasteiger partial charge in [0.05, 0.1) is 11.9 Å². The van der Waals surface area contributed by atoms with E-state index in [0.717, 1.165) is 12.8 Å². The van der Waals surface area contributed by atoms with Crippen LogP contribution in [0.25, 0.3) is 0 Å². The summed E-state index contributed by atoms with van der Waals surface area (Å²) in [5, 5.41) is 11.1. The fourth-order valence-electron chi connectivity index (χ4n) is 3.87. The topological polar surface area (TPSA) is 57.6 Å². The lowest BCUT2D eigenvalue weighted by Crippen LogP contribution is -2.43. The van der Waals surface area contributed by atoms with Gasteiger partial charge in [0, 0.05) is 19.0 Å². The molecule has 1 heterocycles. The van der Waals surface area contributed by atoms with E-state index in [1.54, 1.807) is 12.1 Å². The molecule has 4 nitrogen and oxygen atoms in total. The van der Waals surface area contributed by atoms with Crippen LogP contribution in [0.15, 0.2) is 24.3 Å². The van der Waals surface area contributed by atoms with Gasteiger partial charge in [0.25, 0.3) is 0 Å². The number of sulfonamides is 1. The second-order valence-corrected chi connectivity index (χ2v) is 8.26. The van der Waals surface area contributed by atoms with Gasteiger partial charge >= 0.3 is 0 Å². The molecule has 3 rings (SSSR count). The predicted octanol–water partition coefficient (Wildman–Crippen LogP) is 1.70. The van der Waals surface area contributed by atoms with E-state index >= 15 is 0 Å². The maximum Gasteiger partial charge on any atom is 0.211 e. The highest BCUT2D eigenvalue weighted by Crippen LogP contribution is 2.48. The quantitative estimate of drug-likeness (QED) is 0.904. The first-order valence-electron chi connectivity index (χ1n) is 7.24. The van der Waals surface area contributed by atoms with Crippen molar-refractivity contribution in [2.45, 2.75) is 24.9 Å². The summed E-state index contributed by atoms with van der Waals surface area (Å²) in [5.41, 5.74) is -0.572. The maximum atomic E-state index is 13.5. The Morgan fingerprint density at radius 3 is 2.81 bits per heavy atom. The molecule has 1 aromatic rings. The summed E-state index contributed by atoms with van der Waals surface area (Å²) in [6, 6.07) is 6.04. The largest absolute Gasteiger partial charge is 0.385 e. The van der Waals surface area contributed by atoms with E-state index in [1.165, 1.54) is 22.7 Å². The highest BCUT2D eigenvalue weighted by Gasteiger charge is 2.51. The van der Waals surface area contributed by atoms with E-state index in [9.17, 15) is 17.9 Å². The van der Waals surface area contributed by atoms with Gasteiger partial charge in [-0.15, -0.1) is 0 Å². The van der Waals surface area contributed by atoms with Crippen molar-refractivity contribution in [1.82, 2.24) is 4.31 Å². The van der Waals surface area contributed by atoms with Crippen LogP contribution in [0.5, 0.6) is 0 Å². The first-order chi connectivity index (χ1) is 9.80. The second-order valence-electron chi connectivity index (χ2n) is 6.27. The SMILES string of the molecule is CS(=O)(=O)N1C[C@@H]2CCC[C@@](O)(c3cccc(F)c3)[C@@H]2C1. The minimum absolute atomic E-state index is 0.141. The Kier molecular flexibility index (Phi) is 3.58. The fourth-order valence-corrected chi connectivity index (χ4v) is 4.76.